The molecule has 0 bridgehead atoms. The summed E-state index contributed by atoms with van der Waals surface area (Å²) in [4.78, 5) is 42.1. The Morgan fingerprint density at radius 1 is 1.20 bits per heavy atom. The summed E-state index contributed by atoms with van der Waals surface area (Å²) in [5.74, 6) is -6.69. The third-order valence-corrected chi connectivity index (χ3v) is 8.85. The molecule has 160 valence electrons. The number of likely N-dealkylation sites (N-methyl/N-ethyl adjacent to an activating group) is 1. The van der Waals surface area contributed by atoms with Crippen molar-refractivity contribution in [1.82, 2.24) is 9.80 Å². The van der Waals surface area contributed by atoms with Crippen molar-refractivity contribution in [3.8, 4) is 0 Å². The Bertz CT molecular complexity index is 1030. The van der Waals surface area contributed by atoms with E-state index in [-0.39, 0.29) is 5.92 Å². The number of rotatable bonds is 1. The zero-order valence-electron chi connectivity index (χ0n) is 17.1. The third-order valence-electron chi connectivity index (χ3n) is 8.85. The quantitative estimate of drug-likeness (QED) is 0.452. The molecule has 4 aliphatic heterocycles. The molecule has 0 aromatic rings. The molecule has 0 unspecified atom stereocenters. The highest BCUT2D eigenvalue weighted by Gasteiger charge is 2.96. The van der Waals surface area contributed by atoms with Crippen LogP contribution >= 0.6 is 0 Å². The number of nitrogens with zero attached hydrogens (tertiary/aromatic N) is 2. The molecular formula is C21H24N2O7. The minimum Gasteiger partial charge on any atom is -0.383 e. The number of allylic oxidation sites excluding steroid dienone is 3. The number of likely N-dealkylation sites (tertiary alicyclic amines) is 1. The lowest BCUT2D eigenvalue weighted by molar-refractivity contribution is -0.293. The van der Waals surface area contributed by atoms with E-state index in [1.807, 2.05) is 12.2 Å². The fourth-order valence-corrected chi connectivity index (χ4v) is 7.67. The van der Waals surface area contributed by atoms with E-state index in [2.05, 4.69) is 0 Å². The number of ketones is 1. The van der Waals surface area contributed by atoms with E-state index in [0.717, 1.165) is 6.92 Å². The van der Waals surface area contributed by atoms with Crippen molar-refractivity contribution in [3.05, 3.63) is 23.9 Å². The van der Waals surface area contributed by atoms with E-state index >= 15 is 0 Å². The van der Waals surface area contributed by atoms with Gasteiger partial charge in [0.2, 0.25) is 5.79 Å². The highest BCUT2D eigenvalue weighted by atomic mass is 16.7. The summed E-state index contributed by atoms with van der Waals surface area (Å²) in [5.41, 5.74) is -7.19. The Morgan fingerprint density at radius 3 is 2.50 bits per heavy atom. The molecule has 2 aliphatic carbocycles. The van der Waals surface area contributed by atoms with Crippen molar-refractivity contribution in [1.29, 1.82) is 0 Å². The minimum atomic E-state index is -2.91. The summed E-state index contributed by atoms with van der Waals surface area (Å²) in [6.07, 6.45) is 6.05. The zero-order chi connectivity index (χ0) is 21.8. The summed E-state index contributed by atoms with van der Waals surface area (Å²) < 4.78 is 6.06. The van der Waals surface area contributed by atoms with Crippen LogP contribution in [0.3, 0.4) is 0 Å². The van der Waals surface area contributed by atoms with Crippen molar-refractivity contribution in [2.45, 2.75) is 61.4 Å². The first-order valence-electron chi connectivity index (χ1n) is 10.2. The Balaban J connectivity index is 1.72. The van der Waals surface area contributed by atoms with Gasteiger partial charge in [0.1, 0.15) is 11.6 Å². The topological polar surface area (TPSA) is 128 Å². The number of carbonyl (C=O) groups excluding carboxylic acids is 3. The van der Waals surface area contributed by atoms with E-state index in [1.54, 1.807) is 27.0 Å². The second kappa shape index (κ2) is 4.57. The summed E-state index contributed by atoms with van der Waals surface area (Å²) in [6.45, 7) is 4.47. The van der Waals surface area contributed by atoms with Gasteiger partial charge in [-0.1, -0.05) is 12.2 Å². The van der Waals surface area contributed by atoms with Crippen LogP contribution in [0.25, 0.3) is 0 Å². The summed E-state index contributed by atoms with van der Waals surface area (Å²) in [5, 5.41) is 35.3. The maximum absolute atomic E-state index is 13.7. The van der Waals surface area contributed by atoms with E-state index in [9.17, 15) is 29.7 Å². The summed E-state index contributed by atoms with van der Waals surface area (Å²) in [7, 11) is 1.58. The smallest absolute Gasteiger partial charge is 0.269 e. The van der Waals surface area contributed by atoms with Crippen molar-refractivity contribution < 1.29 is 34.4 Å². The highest BCUT2D eigenvalue weighted by Crippen LogP contribution is 2.74. The molecule has 6 rings (SSSR count). The molecule has 4 heterocycles. The Labute approximate surface area is 172 Å². The number of aliphatic hydroxyl groups is 3. The van der Waals surface area contributed by atoms with Gasteiger partial charge in [-0.25, -0.2) is 0 Å². The zero-order valence-corrected chi connectivity index (χ0v) is 17.1. The fourth-order valence-electron chi connectivity index (χ4n) is 7.67. The number of Topliss-reactive ketones (excluding diaryl/α,β-unsaturated/α-hetero) is 1. The molecule has 0 aromatic heterocycles. The molecule has 4 saturated heterocycles. The summed E-state index contributed by atoms with van der Waals surface area (Å²) >= 11 is 0. The average molecular weight is 416 g/mol. The molecule has 0 aromatic carbocycles. The molecular weight excluding hydrogens is 392 g/mol. The molecule has 9 heteroatoms. The highest BCUT2D eigenvalue weighted by molar-refractivity contribution is 6.13. The largest absolute Gasteiger partial charge is 0.383 e. The lowest BCUT2D eigenvalue weighted by Gasteiger charge is -2.51. The lowest BCUT2D eigenvalue weighted by atomic mass is 9.53. The van der Waals surface area contributed by atoms with E-state index in [4.69, 9.17) is 4.74 Å². The molecule has 1 spiro atoms. The van der Waals surface area contributed by atoms with Gasteiger partial charge < -0.3 is 29.9 Å². The molecule has 0 radical (unpaired) electrons. The van der Waals surface area contributed by atoms with Crippen molar-refractivity contribution in [2.75, 3.05) is 7.05 Å². The van der Waals surface area contributed by atoms with Gasteiger partial charge in [0, 0.05) is 30.1 Å². The molecule has 9 nitrogen and oxygen atoms in total. The monoisotopic (exact) mass is 416 g/mol. The molecule has 6 aliphatic rings. The van der Waals surface area contributed by atoms with Gasteiger partial charge in [-0.2, -0.15) is 0 Å². The predicted octanol–water partition coefficient (Wildman–Crippen LogP) is -1.32. The first-order chi connectivity index (χ1) is 13.8. The Morgan fingerprint density at radius 2 is 1.87 bits per heavy atom. The molecule has 5 fully saturated rings. The van der Waals surface area contributed by atoms with Gasteiger partial charge in [0.25, 0.3) is 17.4 Å². The number of amides is 2. The van der Waals surface area contributed by atoms with Crippen LogP contribution in [0.5, 0.6) is 0 Å². The first-order valence-corrected chi connectivity index (χ1v) is 10.2. The van der Waals surface area contributed by atoms with E-state index < -0.39 is 63.6 Å². The van der Waals surface area contributed by atoms with Crippen LogP contribution in [0.15, 0.2) is 23.9 Å². The molecule has 1 saturated carbocycles. The van der Waals surface area contributed by atoms with Crippen molar-refractivity contribution in [3.63, 3.8) is 0 Å². The van der Waals surface area contributed by atoms with Gasteiger partial charge >= 0.3 is 0 Å². The predicted molar refractivity (Wildman–Crippen MR) is 99.1 cm³/mol. The van der Waals surface area contributed by atoms with Crippen LogP contribution in [0, 0.1) is 17.8 Å². The molecule has 30 heavy (non-hydrogen) atoms. The maximum atomic E-state index is 13.7. The average Bonchev–Trinajstić information content (AvgIpc) is 3.18. The normalized spacial score (nSPS) is 53.9. The second-order valence-electron chi connectivity index (χ2n) is 10.1. The van der Waals surface area contributed by atoms with Gasteiger partial charge in [0.05, 0.1) is 0 Å². The lowest BCUT2D eigenvalue weighted by Crippen LogP contribution is -2.69. The van der Waals surface area contributed by atoms with Crippen LogP contribution in [0.1, 0.15) is 27.2 Å². The van der Waals surface area contributed by atoms with Crippen LogP contribution in [0.2, 0.25) is 0 Å². The van der Waals surface area contributed by atoms with Gasteiger partial charge in [-0.15, -0.1) is 0 Å². The number of hydrogen-bond donors (Lipinski definition) is 3. The van der Waals surface area contributed by atoms with Crippen LogP contribution < -0.4 is 0 Å². The van der Waals surface area contributed by atoms with Crippen LogP contribution in [-0.2, 0) is 19.1 Å². The van der Waals surface area contributed by atoms with Gasteiger partial charge in [-0.3, -0.25) is 14.4 Å². The standard InChI is InChI=1S/C21H24N2O7/c1-9(24)18(27)15(25)23-14-19(28)12(17(23,2)3)8-10-6-5-7-11-13(10)20(19,16(26)22(11)4)30-21(14,18)29/h5-7,10,12-14,27-29H,8H2,1-4H3/t10-,12-,13-,14+,18-,19+,20+,21+/m0/s1. The second-order valence-corrected chi connectivity index (χ2v) is 10.1. The van der Waals surface area contributed by atoms with Crippen molar-refractivity contribution >= 4 is 17.6 Å². The van der Waals surface area contributed by atoms with Gasteiger partial charge in [-0.05, 0) is 39.2 Å². The maximum Gasteiger partial charge on any atom is 0.269 e. The van der Waals surface area contributed by atoms with Crippen LogP contribution in [0.4, 0.5) is 0 Å². The number of carbonyl (C=O) groups is 3. The Hall–Kier alpha value is -2.07. The van der Waals surface area contributed by atoms with Crippen molar-refractivity contribution in [2.24, 2.45) is 17.8 Å². The van der Waals surface area contributed by atoms with Gasteiger partial charge in [0.15, 0.2) is 11.4 Å². The van der Waals surface area contributed by atoms with Crippen LogP contribution in [-0.4, -0.2) is 83.9 Å². The number of ether oxygens (including phenoxy) is 1. The molecule has 2 amide bonds. The summed E-state index contributed by atoms with van der Waals surface area (Å²) in [6, 6.07) is -1.45. The number of hydrogen-bond acceptors (Lipinski definition) is 7. The van der Waals surface area contributed by atoms with E-state index in [0.29, 0.717) is 12.1 Å². The van der Waals surface area contributed by atoms with E-state index in [1.165, 1.54) is 9.80 Å². The first kappa shape index (κ1) is 18.7. The minimum absolute atomic E-state index is 0.176. The fraction of sp³-hybridized carbons (Fsp3) is 0.667. The third kappa shape index (κ3) is 1.33. The molecule has 8 atom stereocenters. The SMILES string of the molecule is CC(=O)[C@]1(O)C(=O)N2[C@@H]3[C@]4(O)[C@@H](C[C@@H]5C=CC=C6[C@H]5[C@@]4(O[C@]31O)C(=O)N6C)C2(C)C. The Kier molecular flexibility index (Phi) is 2.85. The molecule has 3 N–H and O–H groups in total.